The van der Waals surface area contributed by atoms with Gasteiger partial charge in [0, 0.05) is 43.1 Å². The highest BCUT2D eigenvalue weighted by Gasteiger charge is 2.51. The molecule has 0 atom stereocenters. The molecule has 0 bridgehead atoms. The van der Waals surface area contributed by atoms with Crippen molar-refractivity contribution in [2.75, 3.05) is 25.0 Å². The van der Waals surface area contributed by atoms with Crippen molar-refractivity contribution in [1.82, 2.24) is 20.4 Å². The van der Waals surface area contributed by atoms with Gasteiger partial charge >= 0.3 is 0 Å². The molecule has 0 aliphatic carbocycles. The maximum atomic E-state index is 13.4. The van der Waals surface area contributed by atoms with Gasteiger partial charge in [0.15, 0.2) is 0 Å². The van der Waals surface area contributed by atoms with E-state index in [4.69, 9.17) is 0 Å². The molecule has 1 fully saturated rings. The summed E-state index contributed by atoms with van der Waals surface area (Å²) in [5.41, 5.74) is 4.14. The fourth-order valence-corrected chi connectivity index (χ4v) is 4.98. The highest BCUT2D eigenvalue weighted by molar-refractivity contribution is 6.09. The van der Waals surface area contributed by atoms with E-state index in [1.54, 1.807) is 23.4 Å². The van der Waals surface area contributed by atoms with Gasteiger partial charge in [-0.2, -0.15) is 5.10 Å². The first kappa shape index (κ1) is 20.5. The Hall–Kier alpha value is -3.45. The van der Waals surface area contributed by atoms with Crippen molar-refractivity contribution in [2.24, 2.45) is 0 Å². The van der Waals surface area contributed by atoms with Crippen molar-refractivity contribution in [3.05, 3.63) is 83.2 Å². The third-order valence-electron chi connectivity index (χ3n) is 6.82. The summed E-state index contributed by atoms with van der Waals surface area (Å²) in [6, 6.07) is 16.1. The van der Waals surface area contributed by atoms with E-state index in [1.807, 2.05) is 25.2 Å². The van der Waals surface area contributed by atoms with Crippen molar-refractivity contribution >= 4 is 17.5 Å². The molecule has 7 heteroatoms. The molecular formula is C25H27N5O2. The molecule has 0 unspecified atom stereocenters. The van der Waals surface area contributed by atoms with Crippen LogP contribution in [0.3, 0.4) is 0 Å². The van der Waals surface area contributed by atoms with Crippen LogP contribution in [0.15, 0.2) is 60.9 Å². The molecular weight excluding hydrogens is 402 g/mol. The van der Waals surface area contributed by atoms with Crippen molar-refractivity contribution in [2.45, 2.75) is 31.3 Å². The fraction of sp³-hybridized carbons (Fsp3) is 0.320. The van der Waals surface area contributed by atoms with Crippen LogP contribution < -0.4 is 10.2 Å². The maximum absolute atomic E-state index is 13.4. The minimum atomic E-state index is -0.544. The Bertz CT molecular complexity index is 1120. The number of benzene rings is 2. The van der Waals surface area contributed by atoms with Gasteiger partial charge in [-0.05, 0) is 55.3 Å². The van der Waals surface area contributed by atoms with Gasteiger partial charge in [0.1, 0.15) is 0 Å². The molecule has 7 nitrogen and oxygen atoms in total. The number of amides is 2. The quantitative estimate of drug-likeness (QED) is 0.654. The normalized spacial score (nSPS) is 17.5. The largest absolute Gasteiger partial charge is 0.348 e. The Morgan fingerprint density at radius 2 is 1.91 bits per heavy atom. The van der Waals surface area contributed by atoms with Gasteiger partial charge in [-0.3, -0.25) is 19.6 Å². The second-order valence-electron chi connectivity index (χ2n) is 8.73. The lowest BCUT2D eigenvalue weighted by Gasteiger charge is -2.38. The molecule has 1 saturated heterocycles. The third kappa shape index (κ3) is 3.58. The number of H-pyrrole nitrogens is 1. The zero-order valence-corrected chi connectivity index (χ0v) is 18.2. The van der Waals surface area contributed by atoms with Crippen LogP contribution in [0.4, 0.5) is 5.69 Å². The molecule has 3 aromatic rings. The van der Waals surface area contributed by atoms with Gasteiger partial charge in [0.05, 0.1) is 11.6 Å². The fourth-order valence-electron chi connectivity index (χ4n) is 4.98. The van der Waals surface area contributed by atoms with E-state index in [-0.39, 0.29) is 11.8 Å². The first-order valence-electron chi connectivity index (χ1n) is 11.0. The number of anilines is 1. The summed E-state index contributed by atoms with van der Waals surface area (Å²) in [6.07, 6.45) is 4.97. The number of aromatic amines is 1. The van der Waals surface area contributed by atoms with Crippen molar-refractivity contribution in [1.29, 1.82) is 0 Å². The predicted octanol–water partition coefficient (Wildman–Crippen LogP) is 2.85. The topological polar surface area (TPSA) is 81.3 Å². The van der Waals surface area contributed by atoms with Gasteiger partial charge in [-0.15, -0.1) is 0 Å². The Labute approximate surface area is 187 Å². The number of nitrogens with one attached hydrogen (secondary N) is 2. The van der Waals surface area contributed by atoms with Crippen LogP contribution in [0, 0.1) is 0 Å². The lowest BCUT2D eigenvalue weighted by molar-refractivity contribution is -0.124. The number of fused-ring (bicyclic) bond motifs is 2. The lowest BCUT2D eigenvalue weighted by Crippen LogP contribution is -2.47. The number of carbonyl (C=O) groups is 2. The molecule has 1 aromatic heterocycles. The van der Waals surface area contributed by atoms with E-state index in [0.717, 1.165) is 49.3 Å². The van der Waals surface area contributed by atoms with Gasteiger partial charge in [-0.25, -0.2) is 0 Å². The summed E-state index contributed by atoms with van der Waals surface area (Å²) < 4.78 is 0. The van der Waals surface area contributed by atoms with Crippen LogP contribution in [0.2, 0.25) is 0 Å². The van der Waals surface area contributed by atoms with E-state index >= 15 is 0 Å². The molecule has 0 saturated carbocycles. The molecule has 32 heavy (non-hydrogen) atoms. The number of piperidine rings is 1. The molecule has 2 amide bonds. The van der Waals surface area contributed by atoms with Gasteiger partial charge in [0.25, 0.3) is 5.91 Å². The van der Waals surface area contributed by atoms with Gasteiger partial charge in [0.2, 0.25) is 5.91 Å². The number of likely N-dealkylation sites (N-methyl/N-ethyl adjacent to an activating group) is 1. The third-order valence-corrected chi connectivity index (χ3v) is 6.82. The van der Waals surface area contributed by atoms with Gasteiger partial charge < -0.3 is 10.2 Å². The van der Waals surface area contributed by atoms with Crippen molar-refractivity contribution in [3.8, 4) is 0 Å². The summed E-state index contributed by atoms with van der Waals surface area (Å²) in [5.74, 6) is -0.00418. The monoisotopic (exact) mass is 429 g/mol. The Morgan fingerprint density at radius 1 is 1.12 bits per heavy atom. The summed E-state index contributed by atoms with van der Waals surface area (Å²) in [6.45, 7) is 3.00. The minimum absolute atomic E-state index is 0.141. The second-order valence-corrected chi connectivity index (χ2v) is 8.73. The maximum Gasteiger partial charge on any atom is 0.251 e. The second kappa shape index (κ2) is 8.24. The minimum Gasteiger partial charge on any atom is -0.348 e. The van der Waals surface area contributed by atoms with Crippen LogP contribution in [0.1, 0.15) is 39.9 Å². The van der Waals surface area contributed by atoms with E-state index < -0.39 is 5.41 Å². The first-order chi connectivity index (χ1) is 15.6. The molecule has 1 spiro atoms. The average molecular weight is 430 g/mol. The Morgan fingerprint density at radius 3 is 2.62 bits per heavy atom. The summed E-state index contributed by atoms with van der Waals surface area (Å²) in [7, 11) is 1.84. The Balaban J connectivity index is 1.34. The van der Waals surface area contributed by atoms with E-state index in [2.05, 4.69) is 44.7 Å². The zero-order valence-electron chi connectivity index (χ0n) is 18.2. The molecule has 2 aromatic carbocycles. The van der Waals surface area contributed by atoms with E-state index in [0.29, 0.717) is 12.1 Å². The van der Waals surface area contributed by atoms with Crippen LogP contribution in [0.5, 0.6) is 0 Å². The highest BCUT2D eigenvalue weighted by atomic mass is 16.2. The molecule has 2 N–H and O–H groups in total. The Kier molecular flexibility index (Phi) is 5.27. The summed E-state index contributed by atoms with van der Waals surface area (Å²) in [5, 5.41) is 9.58. The number of rotatable bonds is 5. The van der Waals surface area contributed by atoms with Crippen molar-refractivity contribution < 1.29 is 9.59 Å². The number of carbonyl (C=O) groups excluding carboxylic acids is 2. The zero-order chi connectivity index (χ0) is 22.1. The van der Waals surface area contributed by atoms with Gasteiger partial charge in [-0.1, -0.05) is 30.3 Å². The standard InChI is InChI=1S/C25H27N5O2/c1-29-22-8-7-20(23(31)26-14-19-15-27-28-16-19)13-21(22)25(24(29)32)9-11-30(12-10-25)17-18-5-3-2-4-6-18/h2-8,13,15-16H,9-12,14,17H2,1H3,(H,26,31)(H,27,28). The predicted molar refractivity (Wildman–Crippen MR) is 122 cm³/mol. The molecule has 5 rings (SSSR count). The van der Waals surface area contributed by atoms with Crippen LogP contribution in [-0.2, 0) is 23.3 Å². The molecule has 2 aliphatic rings. The summed E-state index contributed by atoms with van der Waals surface area (Å²) in [4.78, 5) is 30.3. The number of hydrogen-bond acceptors (Lipinski definition) is 4. The highest BCUT2D eigenvalue weighted by Crippen LogP contribution is 2.47. The van der Waals surface area contributed by atoms with Crippen LogP contribution >= 0.6 is 0 Å². The number of likely N-dealkylation sites (tertiary alicyclic amines) is 1. The SMILES string of the molecule is CN1C(=O)C2(CCN(Cc3ccccc3)CC2)c2cc(C(=O)NCc3cn[nH]c3)ccc21. The lowest BCUT2D eigenvalue weighted by atomic mass is 9.73. The first-order valence-corrected chi connectivity index (χ1v) is 11.0. The molecule has 3 heterocycles. The summed E-state index contributed by atoms with van der Waals surface area (Å²) >= 11 is 0. The van der Waals surface area contributed by atoms with Crippen LogP contribution in [-0.4, -0.2) is 47.0 Å². The average Bonchev–Trinajstić information content (AvgIpc) is 3.42. The van der Waals surface area contributed by atoms with E-state index in [1.165, 1.54) is 5.56 Å². The van der Waals surface area contributed by atoms with Crippen LogP contribution in [0.25, 0.3) is 0 Å². The van der Waals surface area contributed by atoms with Crippen molar-refractivity contribution in [3.63, 3.8) is 0 Å². The number of nitrogens with zero attached hydrogens (tertiary/aromatic N) is 3. The molecule has 164 valence electrons. The number of hydrogen-bond donors (Lipinski definition) is 2. The number of aromatic nitrogens is 2. The van der Waals surface area contributed by atoms with E-state index in [9.17, 15) is 9.59 Å². The molecule has 2 aliphatic heterocycles. The smallest absolute Gasteiger partial charge is 0.251 e. The molecule has 0 radical (unpaired) electrons.